The Balaban J connectivity index is 0.00000256. The number of rotatable bonds is 7. The first-order valence-corrected chi connectivity index (χ1v) is 12.1. The molecule has 0 bridgehead atoms. The summed E-state index contributed by atoms with van der Waals surface area (Å²) in [5.74, 6) is 0.930. The summed E-state index contributed by atoms with van der Waals surface area (Å²) in [6.07, 6.45) is 0.984. The van der Waals surface area contributed by atoms with Crippen molar-refractivity contribution in [2.45, 2.75) is 13.1 Å². The molecule has 0 aliphatic heterocycles. The van der Waals surface area contributed by atoms with Crippen LogP contribution in [0.15, 0.2) is 115 Å². The standard InChI is InChI=1S/C27H26OP.BrH/c1-2-28-24-20-18-23(19-21-24)22-29(25-12-6-3-7-13-25,26-14-8-4-9-15-26)27-16-10-5-11-17-27;/h3-21H,2,22H2,1H3;1H/q+1;/p-1. The van der Waals surface area contributed by atoms with Gasteiger partial charge in [0.05, 0.1) is 12.8 Å². The minimum atomic E-state index is -1.85. The average Bonchev–Trinajstić information content (AvgIpc) is 2.80. The lowest BCUT2D eigenvalue weighted by molar-refractivity contribution is -0.00000625. The molecule has 1 nitrogen and oxygen atoms in total. The summed E-state index contributed by atoms with van der Waals surface area (Å²) < 4.78 is 5.65. The Hall–Kier alpha value is -2.41. The van der Waals surface area contributed by atoms with Crippen LogP contribution in [0.3, 0.4) is 0 Å². The number of ether oxygens (including phenoxy) is 1. The summed E-state index contributed by atoms with van der Waals surface area (Å²) in [5.41, 5.74) is 1.33. The summed E-state index contributed by atoms with van der Waals surface area (Å²) >= 11 is 0. The Bertz CT molecular complexity index is 922. The third-order valence-electron chi connectivity index (χ3n) is 5.25. The van der Waals surface area contributed by atoms with E-state index in [9.17, 15) is 0 Å². The zero-order valence-corrected chi connectivity index (χ0v) is 19.6. The largest absolute Gasteiger partial charge is 1.00 e. The van der Waals surface area contributed by atoms with Crippen molar-refractivity contribution in [1.82, 2.24) is 0 Å². The summed E-state index contributed by atoms with van der Waals surface area (Å²) in [5, 5.41) is 4.23. The van der Waals surface area contributed by atoms with Gasteiger partial charge >= 0.3 is 0 Å². The fourth-order valence-electron chi connectivity index (χ4n) is 3.90. The van der Waals surface area contributed by atoms with Crippen LogP contribution < -0.4 is 37.6 Å². The maximum Gasteiger partial charge on any atom is 0.119 e. The van der Waals surface area contributed by atoms with Gasteiger partial charge in [-0.1, -0.05) is 66.7 Å². The molecule has 0 fully saturated rings. The van der Waals surface area contributed by atoms with E-state index < -0.39 is 7.26 Å². The van der Waals surface area contributed by atoms with Crippen LogP contribution in [-0.2, 0) is 6.16 Å². The van der Waals surface area contributed by atoms with E-state index in [-0.39, 0.29) is 17.0 Å². The van der Waals surface area contributed by atoms with E-state index >= 15 is 0 Å². The van der Waals surface area contributed by atoms with E-state index in [2.05, 4.69) is 115 Å². The van der Waals surface area contributed by atoms with Gasteiger partial charge in [-0.3, -0.25) is 0 Å². The average molecular weight is 477 g/mol. The quantitative estimate of drug-likeness (QED) is 0.372. The monoisotopic (exact) mass is 476 g/mol. The molecule has 0 spiro atoms. The first-order valence-electron chi connectivity index (χ1n) is 10.1. The van der Waals surface area contributed by atoms with Crippen molar-refractivity contribution in [2.24, 2.45) is 0 Å². The van der Waals surface area contributed by atoms with Gasteiger partial charge in [0.2, 0.25) is 0 Å². The lowest BCUT2D eigenvalue weighted by Gasteiger charge is -2.28. The van der Waals surface area contributed by atoms with E-state index in [0.717, 1.165) is 11.9 Å². The van der Waals surface area contributed by atoms with Gasteiger partial charge in [-0.25, -0.2) is 0 Å². The highest BCUT2D eigenvalue weighted by Gasteiger charge is 2.45. The Morgan fingerprint density at radius 1 is 0.567 bits per heavy atom. The SMILES string of the molecule is CCOc1ccc(C[P+](c2ccccc2)(c2ccccc2)c2ccccc2)cc1.[Br-]. The highest BCUT2D eigenvalue weighted by molar-refractivity contribution is 7.95. The molecule has 0 heterocycles. The molecule has 0 unspecified atom stereocenters. The molecule has 0 saturated heterocycles. The molecule has 0 atom stereocenters. The molecule has 4 rings (SSSR count). The molecule has 30 heavy (non-hydrogen) atoms. The van der Waals surface area contributed by atoms with Crippen LogP contribution in [-0.4, -0.2) is 6.61 Å². The van der Waals surface area contributed by atoms with Crippen molar-refractivity contribution in [3.05, 3.63) is 121 Å². The van der Waals surface area contributed by atoms with E-state index in [1.165, 1.54) is 21.5 Å². The number of hydrogen-bond donors (Lipinski definition) is 0. The van der Waals surface area contributed by atoms with Crippen LogP contribution in [0, 0.1) is 0 Å². The fraction of sp³-hybridized carbons (Fsp3) is 0.111. The van der Waals surface area contributed by atoms with Gasteiger partial charge in [0, 0.05) is 0 Å². The predicted octanol–water partition coefficient (Wildman–Crippen LogP) is 2.58. The van der Waals surface area contributed by atoms with E-state index in [4.69, 9.17) is 4.74 Å². The van der Waals surface area contributed by atoms with Crippen LogP contribution in [0.1, 0.15) is 12.5 Å². The van der Waals surface area contributed by atoms with E-state index in [1.807, 2.05) is 6.92 Å². The summed E-state index contributed by atoms with van der Waals surface area (Å²) in [7, 11) is -1.85. The van der Waals surface area contributed by atoms with Crippen molar-refractivity contribution in [2.75, 3.05) is 6.61 Å². The molecule has 0 aliphatic rings. The van der Waals surface area contributed by atoms with Crippen LogP contribution in [0.25, 0.3) is 0 Å². The predicted molar refractivity (Wildman–Crippen MR) is 126 cm³/mol. The normalized spacial score (nSPS) is 10.8. The van der Waals surface area contributed by atoms with Gasteiger partial charge < -0.3 is 21.7 Å². The number of benzene rings is 4. The van der Waals surface area contributed by atoms with Crippen LogP contribution in [0.2, 0.25) is 0 Å². The summed E-state index contributed by atoms with van der Waals surface area (Å²) in [6, 6.07) is 41.7. The molecular formula is C27H26BrOP. The van der Waals surface area contributed by atoms with Crippen molar-refractivity contribution in [3.63, 3.8) is 0 Å². The summed E-state index contributed by atoms with van der Waals surface area (Å²) in [4.78, 5) is 0. The van der Waals surface area contributed by atoms with Crippen molar-refractivity contribution in [3.8, 4) is 5.75 Å². The molecule has 4 aromatic carbocycles. The van der Waals surface area contributed by atoms with Crippen molar-refractivity contribution < 1.29 is 21.7 Å². The maximum atomic E-state index is 5.65. The molecule has 3 heteroatoms. The second-order valence-corrected chi connectivity index (χ2v) is 10.5. The van der Waals surface area contributed by atoms with Crippen LogP contribution in [0.5, 0.6) is 5.75 Å². The van der Waals surface area contributed by atoms with Crippen molar-refractivity contribution in [1.29, 1.82) is 0 Å². The topological polar surface area (TPSA) is 9.23 Å². The highest BCUT2D eigenvalue weighted by Crippen LogP contribution is 2.58. The minimum Gasteiger partial charge on any atom is -1.00 e. The zero-order valence-electron chi connectivity index (χ0n) is 17.1. The zero-order chi connectivity index (χ0) is 19.9. The Morgan fingerprint density at radius 3 is 1.33 bits per heavy atom. The maximum absolute atomic E-state index is 5.65. The molecule has 0 radical (unpaired) electrons. The van der Waals surface area contributed by atoms with Gasteiger partial charge in [-0.05, 0) is 61.0 Å². The molecule has 0 amide bonds. The molecule has 4 aromatic rings. The Labute approximate surface area is 190 Å². The van der Waals surface area contributed by atoms with Gasteiger partial charge in [0.25, 0.3) is 0 Å². The molecular weight excluding hydrogens is 451 g/mol. The number of halogens is 1. The second kappa shape index (κ2) is 10.6. The van der Waals surface area contributed by atoms with Gasteiger partial charge in [0.15, 0.2) is 0 Å². The number of hydrogen-bond acceptors (Lipinski definition) is 1. The molecule has 0 N–H and O–H groups in total. The van der Waals surface area contributed by atoms with Crippen LogP contribution >= 0.6 is 7.26 Å². The van der Waals surface area contributed by atoms with E-state index in [1.54, 1.807) is 0 Å². The van der Waals surface area contributed by atoms with Crippen LogP contribution in [0.4, 0.5) is 0 Å². The van der Waals surface area contributed by atoms with E-state index in [0.29, 0.717) is 6.61 Å². The Kier molecular flexibility index (Phi) is 7.85. The highest BCUT2D eigenvalue weighted by atomic mass is 79.9. The third kappa shape index (κ3) is 4.67. The minimum absolute atomic E-state index is 0. The summed E-state index contributed by atoms with van der Waals surface area (Å²) in [6.45, 7) is 2.71. The molecule has 0 aliphatic carbocycles. The van der Waals surface area contributed by atoms with Crippen molar-refractivity contribution >= 4 is 23.2 Å². The lowest BCUT2D eigenvalue weighted by Crippen LogP contribution is -3.00. The smallest absolute Gasteiger partial charge is 0.119 e. The first-order chi connectivity index (χ1) is 14.3. The fourth-order valence-corrected chi connectivity index (χ4v) is 8.14. The lowest BCUT2D eigenvalue weighted by atomic mass is 10.2. The second-order valence-electron chi connectivity index (χ2n) is 7.05. The molecule has 152 valence electrons. The molecule has 0 saturated carbocycles. The van der Waals surface area contributed by atoms with Gasteiger partial charge in [-0.15, -0.1) is 0 Å². The Morgan fingerprint density at radius 2 is 0.967 bits per heavy atom. The third-order valence-corrected chi connectivity index (χ3v) is 9.62. The van der Waals surface area contributed by atoms with Gasteiger partial charge in [-0.2, -0.15) is 0 Å². The van der Waals surface area contributed by atoms with Gasteiger partial charge in [0.1, 0.15) is 28.9 Å². The molecule has 0 aromatic heterocycles. The first kappa shape index (κ1) is 22.3.